The van der Waals surface area contributed by atoms with E-state index in [2.05, 4.69) is 0 Å². The molecule has 6 heteroatoms. The summed E-state index contributed by atoms with van der Waals surface area (Å²) in [5, 5.41) is 0. The van der Waals surface area contributed by atoms with E-state index in [1.165, 1.54) is 35.5 Å². The highest BCUT2D eigenvalue weighted by Gasteiger charge is 2.51. The summed E-state index contributed by atoms with van der Waals surface area (Å²) in [5.74, 6) is -0.0131. The second-order valence-corrected chi connectivity index (χ2v) is 7.70. The zero-order valence-electron chi connectivity index (χ0n) is 14.2. The molecule has 0 aromatic carbocycles. The van der Waals surface area contributed by atoms with E-state index >= 15 is 0 Å². The molecule has 0 aromatic rings. The molecule has 3 aliphatic rings. The van der Waals surface area contributed by atoms with Crippen molar-refractivity contribution < 1.29 is 19.1 Å². The first kappa shape index (κ1) is 16.3. The summed E-state index contributed by atoms with van der Waals surface area (Å²) in [6.07, 6.45) is 5.65. The SMILES string of the molecule is CN1C(=O)N(C[C@@H]2COC(=O)[C@@H]2CC2CCCC2)C(=O)C1(C)C. The Labute approximate surface area is 137 Å². The number of carbonyl (C=O) groups is 3. The molecular formula is C17H26N2O4. The molecule has 128 valence electrons. The molecule has 3 amide bonds. The van der Waals surface area contributed by atoms with E-state index in [1.54, 1.807) is 20.9 Å². The van der Waals surface area contributed by atoms with Crippen molar-refractivity contribution in [3.8, 4) is 0 Å². The fourth-order valence-corrected chi connectivity index (χ4v) is 4.05. The quantitative estimate of drug-likeness (QED) is 0.587. The highest BCUT2D eigenvalue weighted by molar-refractivity contribution is 6.06. The molecule has 2 aliphatic heterocycles. The maximum atomic E-state index is 12.5. The molecule has 0 N–H and O–H groups in total. The number of ether oxygens (including phenoxy) is 1. The first-order valence-electron chi connectivity index (χ1n) is 8.58. The summed E-state index contributed by atoms with van der Waals surface area (Å²) >= 11 is 0. The van der Waals surface area contributed by atoms with Crippen LogP contribution >= 0.6 is 0 Å². The summed E-state index contributed by atoms with van der Waals surface area (Å²) in [7, 11) is 1.65. The van der Waals surface area contributed by atoms with Crippen LogP contribution in [0.25, 0.3) is 0 Å². The van der Waals surface area contributed by atoms with Crippen LogP contribution in [0.2, 0.25) is 0 Å². The van der Waals surface area contributed by atoms with Crippen molar-refractivity contribution >= 4 is 17.9 Å². The second-order valence-electron chi connectivity index (χ2n) is 7.70. The lowest BCUT2D eigenvalue weighted by atomic mass is 9.85. The summed E-state index contributed by atoms with van der Waals surface area (Å²) in [6, 6.07) is -0.279. The summed E-state index contributed by atoms with van der Waals surface area (Å²) in [4.78, 5) is 39.7. The molecule has 2 saturated heterocycles. The number of carbonyl (C=O) groups excluding carboxylic acids is 3. The van der Waals surface area contributed by atoms with Crippen LogP contribution < -0.4 is 0 Å². The van der Waals surface area contributed by atoms with Crippen LogP contribution in [0.4, 0.5) is 4.79 Å². The van der Waals surface area contributed by atoms with Crippen molar-refractivity contribution in [3.63, 3.8) is 0 Å². The second kappa shape index (κ2) is 5.80. The topological polar surface area (TPSA) is 66.9 Å². The maximum Gasteiger partial charge on any atom is 0.327 e. The zero-order chi connectivity index (χ0) is 16.8. The van der Waals surface area contributed by atoms with Gasteiger partial charge in [0.25, 0.3) is 5.91 Å². The molecule has 1 saturated carbocycles. The van der Waals surface area contributed by atoms with E-state index < -0.39 is 5.54 Å². The molecule has 2 atom stereocenters. The average molecular weight is 322 g/mol. The molecule has 2 heterocycles. The van der Waals surface area contributed by atoms with Crippen LogP contribution in [0, 0.1) is 17.8 Å². The largest absolute Gasteiger partial charge is 0.465 e. The first-order chi connectivity index (χ1) is 10.8. The van der Waals surface area contributed by atoms with Gasteiger partial charge >= 0.3 is 12.0 Å². The van der Waals surface area contributed by atoms with Gasteiger partial charge in [-0.25, -0.2) is 4.79 Å². The van der Waals surface area contributed by atoms with Gasteiger partial charge in [-0.2, -0.15) is 0 Å². The van der Waals surface area contributed by atoms with Gasteiger partial charge < -0.3 is 9.64 Å². The number of nitrogens with zero attached hydrogens (tertiary/aromatic N) is 2. The Hall–Kier alpha value is -1.59. The highest BCUT2D eigenvalue weighted by Crippen LogP contribution is 2.37. The van der Waals surface area contributed by atoms with Crippen LogP contribution in [0.3, 0.4) is 0 Å². The molecule has 0 bridgehead atoms. The number of hydrogen-bond donors (Lipinski definition) is 0. The third-order valence-corrected chi connectivity index (χ3v) is 5.92. The minimum atomic E-state index is -0.818. The number of cyclic esters (lactones) is 1. The van der Waals surface area contributed by atoms with E-state index in [-0.39, 0.29) is 36.3 Å². The molecule has 1 aliphatic carbocycles. The van der Waals surface area contributed by atoms with Gasteiger partial charge in [0.15, 0.2) is 0 Å². The molecule has 0 aromatic heterocycles. The van der Waals surface area contributed by atoms with E-state index in [0.29, 0.717) is 12.5 Å². The fraction of sp³-hybridized carbons (Fsp3) is 0.824. The van der Waals surface area contributed by atoms with Crippen LogP contribution in [0.15, 0.2) is 0 Å². The predicted octanol–water partition coefficient (Wildman–Crippen LogP) is 2.03. The smallest absolute Gasteiger partial charge is 0.327 e. The van der Waals surface area contributed by atoms with E-state index in [4.69, 9.17) is 4.74 Å². The van der Waals surface area contributed by atoms with Crippen molar-refractivity contribution in [1.82, 2.24) is 9.80 Å². The third-order valence-electron chi connectivity index (χ3n) is 5.92. The Morgan fingerprint density at radius 2 is 1.83 bits per heavy atom. The van der Waals surface area contributed by atoms with Gasteiger partial charge in [-0.3, -0.25) is 14.5 Å². The van der Waals surface area contributed by atoms with Gasteiger partial charge in [-0.05, 0) is 26.2 Å². The minimum absolute atomic E-state index is 0.0710. The normalized spacial score (nSPS) is 31.3. The van der Waals surface area contributed by atoms with Crippen molar-refractivity contribution in [2.75, 3.05) is 20.2 Å². The van der Waals surface area contributed by atoms with Crippen LogP contribution in [-0.2, 0) is 14.3 Å². The van der Waals surface area contributed by atoms with Gasteiger partial charge in [0, 0.05) is 19.5 Å². The minimum Gasteiger partial charge on any atom is -0.465 e. The molecule has 0 radical (unpaired) electrons. The summed E-state index contributed by atoms with van der Waals surface area (Å²) in [5.41, 5.74) is -0.818. The molecule has 3 rings (SSSR count). The third kappa shape index (κ3) is 2.72. The van der Waals surface area contributed by atoms with Gasteiger partial charge in [0.1, 0.15) is 5.54 Å². The number of esters is 1. The Morgan fingerprint density at radius 1 is 1.17 bits per heavy atom. The number of amides is 3. The van der Waals surface area contributed by atoms with Crippen LogP contribution in [0.5, 0.6) is 0 Å². The molecule has 6 nitrogen and oxygen atoms in total. The number of likely N-dealkylation sites (N-methyl/N-ethyl adjacent to an activating group) is 1. The van der Waals surface area contributed by atoms with E-state index in [1.807, 2.05) is 0 Å². The molecule has 3 fully saturated rings. The van der Waals surface area contributed by atoms with Gasteiger partial charge in [0.2, 0.25) is 0 Å². The lowest BCUT2D eigenvalue weighted by molar-refractivity contribution is -0.141. The van der Waals surface area contributed by atoms with Crippen molar-refractivity contribution in [3.05, 3.63) is 0 Å². The Balaban J connectivity index is 1.69. The monoisotopic (exact) mass is 322 g/mol. The van der Waals surface area contributed by atoms with Gasteiger partial charge in [-0.1, -0.05) is 25.7 Å². The standard InChI is InChI=1S/C17H26N2O4/c1-17(2)15(21)19(16(22)18(17)3)9-12-10-23-14(20)13(12)8-11-6-4-5-7-11/h11-13H,4-10H2,1-3H3/t12-,13-/m1/s1. The Kier molecular flexibility index (Phi) is 4.10. The molecule has 0 unspecified atom stereocenters. The number of rotatable bonds is 4. The summed E-state index contributed by atoms with van der Waals surface area (Å²) < 4.78 is 5.25. The predicted molar refractivity (Wildman–Crippen MR) is 83.5 cm³/mol. The van der Waals surface area contributed by atoms with Crippen LogP contribution in [-0.4, -0.2) is 53.4 Å². The Bertz CT molecular complexity index is 525. The van der Waals surface area contributed by atoms with E-state index in [0.717, 1.165) is 6.42 Å². The summed E-state index contributed by atoms with van der Waals surface area (Å²) in [6.45, 7) is 4.10. The van der Waals surface area contributed by atoms with E-state index in [9.17, 15) is 14.4 Å². The Morgan fingerprint density at radius 3 is 2.39 bits per heavy atom. The van der Waals surface area contributed by atoms with Gasteiger partial charge in [-0.15, -0.1) is 0 Å². The number of imide groups is 1. The first-order valence-corrected chi connectivity index (χ1v) is 8.58. The zero-order valence-corrected chi connectivity index (χ0v) is 14.2. The molecule has 23 heavy (non-hydrogen) atoms. The average Bonchev–Trinajstić information content (AvgIpc) is 3.17. The lowest BCUT2D eigenvalue weighted by Crippen LogP contribution is -2.42. The lowest BCUT2D eigenvalue weighted by Gasteiger charge is -2.23. The van der Waals surface area contributed by atoms with Crippen molar-refractivity contribution in [2.24, 2.45) is 17.8 Å². The highest BCUT2D eigenvalue weighted by atomic mass is 16.5. The van der Waals surface area contributed by atoms with Gasteiger partial charge in [0.05, 0.1) is 12.5 Å². The van der Waals surface area contributed by atoms with Crippen molar-refractivity contribution in [2.45, 2.75) is 51.5 Å². The maximum absolute atomic E-state index is 12.5. The number of urea groups is 1. The fourth-order valence-electron chi connectivity index (χ4n) is 4.05. The molecular weight excluding hydrogens is 296 g/mol. The number of hydrogen-bond acceptors (Lipinski definition) is 4. The van der Waals surface area contributed by atoms with Crippen LogP contribution in [0.1, 0.15) is 46.0 Å². The van der Waals surface area contributed by atoms with Crippen molar-refractivity contribution in [1.29, 1.82) is 0 Å². The molecule has 0 spiro atoms.